The van der Waals surface area contributed by atoms with Crippen LogP contribution in [-0.4, -0.2) is 28.8 Å². The molecule has 1 atom stereocenters. The summed E-state index contributed by atoms with van der Waals surface area (Å²) >= 11 is 0. The van der Waals surface area contributed by atoms with E-state index >= 15 is 0 Å². The van der Waals surface area contributed by atoms with Crippen LogP contribution in [0.3, 0.4) is 0 Å². The predicted molar refractivity (Wildman–Crippen MR) is 86.1 cm³/mol. The van der Waals surface area contributed by atoms with Crippen molar-refractivity contribution in [3.63, 3.8) is 0 Å². The molecule has 120 valence electrons. The lowest BCUT2D eigenvalue weighted by molar-refractivity contribution is 0.0948. The fourth-order valence-corrected chi connectivity index (χ4v) is 1.94. The molecule has 0 aliphatic carbocycles. The van der Waals surface area contributed by atoms with Gasteiger partial charge in [-0.2, -0.15) is 5.10 Å². The standard InChI is InChI=1S/C15H19FN4O.ClH/c1-10(7-17)8-18-15(21)12-9-19-20(11(12)2)14-6-4-3-5-13(14)16;/h3-6,9-10H,7-8,17H2,1-2H3,(H,18,21);1H. The van der Waals surface area contributed by atoms with E-state index in [1.807, 2.05) is 6.92 Å². The van der Waals surface area contributed by atoms with Crippen LogP contribution >= 0.6 is 12.4 Å². The molecule has 1 amide bonds. The van der Waals surface area contributed by atoms with E-state index in [9.17, 15) is 9.18 Å². The lowest BCUT2D eigenvalue weighted by Gasteiger charge is -2.10. The maximum atomic E-state index is 13.8. The zero-order chi connectivity index (χ0) is 15.4. The molecule has 1 aromatic carbocycles. The van der Waals surface area contributed by atoms with Gasteiger partial charge in [0, 0.05) is 6.54 Å². The number of amides is 1. The second kappa shape index (κ2) is 7.91. The third kappa shape index (κ3) is 3.84. The molecule has 0 aliphatic rings. The summed E-state index contributed by atoms with van der Waals surface area (Å²) in [6.45, 7) is 4.70. The van der Waals surface area contributed by atoms with E-state index in [0.717, 1.165) is 0 Å². The lowest BCUT2D eigenvalue weighted by atomic mass is 10.1. The van der Waals surface area contributed by atoms with E-state index in [-0.39, 0.29) is 30.0 Å². The highest BCUT2D eigenvalue weighted by Crippen LogP contribution is 2.16. The van der Waals surface area contributed by atoms with E-state index in [2.05, 4.69) is 10.4 Å². The minimum absolute atomic E-state index is 0. The molecule has 2 aromatic rings. The van der Waals surface area contributed by atoms with Gasteiger partial charge >= 0.3 is 0 Å². The van der Waals surface area contributed by atoms with Gasteiger partial charge < -0.3 is 11.1 Å². The zero-order valence-corrected chi connectivity index (χ0v) is 13.4. The molecule has 0 bridgehead atoms. The molecule has 0 saturated carbocycles. The van der Waals surface area contributed by atoms with Crippen molar-refractivity contribution in [1.29, 1.82) is 0 Å². The molecule has 3 N–H and O–H groups in total. The number of aromatic nitrogens is 2. The monoisotopic (exact) mass is 326 g/mol. The Morgan fingerprint density at radius 1 is 1.45 bits per heavy atom. The Morgan fingerprint density at radius 2 is 2.14 bits per heavy atom. The van der Waals surface area contributed by atoms with E-state index in [0.29, 0.717) is 30.0 Å². The van der Waals surface area contributed by atoms with Gasteiger partial charge in [0.05, 0.1) is 17.5 Å². The van der Waals surface area contributed by atoms with Crippen molar-refractivity contribution >= 4 is 18.3 Å². The third-order valence-corrected chi connectivity index (χ3v) is 3.35. The Labute approximate surface area is 135 Å². The topological polar surface area (TPSA) is 72.9 Å². The Balaban J connectivity index is 0.00000242. The van der Waals surface area contributed by atoms with Crippen molar-refractivity contribution in [1.82, 2.24) is 15.1 Å². The van der Waals surface area contributed by atoms with Gasteiger partial charge in [-0.1, -0.05) is 19.1 Å². The molecule has 22 heavy (non-hydrogen) atoms. The van der Waals surface area contributed by atoms with Crippen molar-refractivity contribution in [2.75, 3.05) is 13.1 Å². The van der Waals surface area contributed by atoms with Gasteiger partial charge in [0.2, 0.25) is 0 Å². The lowest BCUT2D eigenvalue weighted by Crippen LogP contribution is -2.31. The maximum Gasteiger partial charge on any atom is 0.254 e. The molecule has 0 aliphatic heterocycles. The van der Waals surface area contributed by atoms with Gasteiger partial charge in [-0.25, -0.2) is 9.07 Å². The summed E-state index contributed by atoms with van der Waals surface area (Å²) < 4.78 is 15.2. The highest BCUT2D eigenvalue weighted by molar-refractivity contribution is 5.95. The minimum Gasteiger partial charge on any atom is -0.352 e. The summed E-state index contributed by atoms with van der Waals surface area (Å²) in [5.41, 5.74) is 6.87. The molecule has 5 nitrogen and oxygen atoms in total. The Morgan fingerprint density at radius 3 is 2.77 bits per heavy atom. The normalized spacial score (nSPS) is 11.6. The second-order valence-electron chi connectivity index (χ2n) is 5.06. The Hall–Kier alpha value is -1.92. The van der Waals surface area contributed by atoms with E-state index < -0.39 is 0 Å². The van der Waals surface area contributed by atoms with Crippen LogP contribution < -0.4 is 11.1 Å². The van der Waals surface area contributed by atoms with Crippen molar-refractivity contribution in [2.24, 2.45) is 11.7 Å². The summed E-state index contributed by atoms with van der Waals surface area (Å²) in [6, 6.07) is 6.31. The van der Waals surface area contributed by atoms with E-state index in [1.165, 1.54) is 16.9 Å². The number of para-hydroxylation sites is 1. The fourth-order valence-electron chi connectivity index (χ4n) is 1.94. The SMILES string of the molecule is Cc1c(C(=O)NCC(C)CN)cnn1-c1ccccc1F.Cl. The third-order valence-electron chi connectivity index (χ3n) is 3.35. The first-order valence-corrected chi connectivity index (χ1v) is 6.82. The largest absolute Gasteiger partial charge is 0.352 e. The Kier molecular flexibility index (Phi) is 6.52. The molecule has 2 rings (SSSR count). The zero-order valence-electron chi connectivity index (χ0n) is 12.5. The van der Waals surface area contributed by atoms with Gasteiger partial charge in [0.1, 0.15) is 11.5 Å². The molecule has 0 spiro atoms. The number of nitrogens with one attached hydrogen (secondary N) is 1. The molecule has 1 aromatic heterocycles. The van der Waals surface area contributed by atoms with Gasteiger partial charge in [0.15, 0.2) is 0 Å². The molecule has 0 saturated heterocycles. The van der Waals surface area contributed by atoms with Gasteiger partial charge in [0.25, 0.3) is 5.91 Å². The van der Waals surface area contributed by atoms with Crippen LogP contribution in [0.4, 0.5) is 4.39 Å². The van der Waals surface area contributed by atoms with Crippen LogP contribution in [0.15, 0.2) is 30.5 Å². The summed E-state index contributed by atoms with van der Waals surface area (Å²) in [6.07, 6.45) is 1.45. The smallest absolute Gasteiger partial charge is 0.254 e. The van der Waals surface area contributed by atoms with E-state index in [4.69, 9.17) is 5.73 Å². The number of rotatable bonds is 5. The minimum atomic E-state index is -0.382. The van der Waals surface area contributed by atoms with Crippen LogP contribution in [0, 0.1) is 18.7 Å². The van der Waals surface area contributed by atoms with E-state index in [1.54, 1.807) is 25.1 Å². The van der Waals surface area contributed by atoms with Crippen molar-refractivity contribution in [3.05, 3.63) is 47.5 Å². The summed E-state index contributed by atoms with van der Waals surface area (Å²) in [4.78, 5) is 12.1. The number of hydrogen-bond acceptors (Lipinski definition) is 3. The Bertz CT molecular complexity index is 644. The molecule has 0 fully saturated rings. The molecule has 0 radical (unpaired) electrons. The van der Waals surface area contributed by atoms with Crippen LogP contribution in [0.5, 0.6) is 0 Å². The number of nitrogens with two attached hydrogens (primary N) is 1. The number of hydrogen-bond donors (Lipinski definition) is 2. The van der Waals surface area contributed by atoms with Crippen molar-refractivity contribution in [2.45, 2.75) is 13.8 Å². The molecular formula is C15H20ClFN4O. The fraction of sp³-hybridized carbons (Fsp3) is 0.333. The number of nitrogens with zero attached hydrogens (tertiary/aromatic N) is 2. The second-order valence-corrected chi connectivity index (χ2v) is 5.06. The van der Waals surface area contributed by atoms with Crippen molar-refractivity contribution < 1.29 is 9.18 Å². The van der Waals surface area contributed by atoms with Crippen LogP contribution in [0.25, 0.3) is 5.69 Å². The van der Waals surface area contributed by atoms with Gasteiger partial charge in [-0.3, -0.25) is 4.79 Å². The van der Waals surface area contributed by atoms with Crippen molar-refractivity contribution in [3.8, 4) is 5.69 Å². The average molecular weight is 327 g/mol. The van der Waals surface area contributed by atoms with Gasteiger partial charge in [-0.15, -0.1) is 12.4 Å². The summed E-state index contributed by atoms with van der Waals surface area (Å²) in [5, 5.41) is 6.91. The first kappa shape index (κ1) is 18.1. The first-order chi connectivity index (χ1) is 10.0. The molecular weight excluding hydrogens is 307 g/mol. The number of carbonyl (C=O) groups excluding carboxylic acids is 1. The maximum absolute atomic E-state index is 13.8. The summed E-state index contributed by atoms with van der Waals surface area (Å²) in [7, 11) is 0. The quantitative estimate of drug-likeness (QED) is 0.883. The van der Waals surface area contributed by atoms with Crippen LogP contribution in [0.2, 0.25) is 0 Å². The molecule has 1 heterocycles. The first-order valence-electron chi connectivity index (χ1n) is 6.82. The highest BCUT2D eigenvalue weighted by atomic mass is 35.5. The van der Waals surface area contributed by atoms with Crippen LogP contribution in [-0.2, 0) is 0 Å². The number of benzene rings is 1. The van der Waals surface area contributed by atoms with Crippen LogP contribution in [0.1, 0.15) is 23.0 Å². The summed E-state index contributed by atoms with van der Waals surface area (Å²) in [5.74, 6) is -0.404. The highest BCUT2D eigenvalue weighted by Gasteiger charge is 2.16. The molecule has 7 heteroatoms. The number of carbonyl (C=O) groups is 1. The van der Waals surface area contributed by atoms with Gasteiger partial charge in [-0.05, 0) is 31.5 Å². The number of halogens is 2. The average Bonchev–Trinajstić information content (AvgIpc) is 2.86. The molecule has 1 unspecified atom stereocenters. The predicted octanol–water partition coefficient (Wildman–Crippen LogP) is 2.07.